The Balaban J connectivity index is 1.99. The van der Waals surface area contributed by atoms with Crippen molar-refractivity contribution in [2.24, 2.45) is 7.05 Å². The lowest BCUT2D eigenvalue weighted by Crippen LogP contribution is -2.14. The fourth-order valence-electron chi connectivity index (χ4n) is 2.33. The highest BCUT2D eigenvalue weighted by Crippen LogP contribution is 2.30. The van der Waals surface area contributed by atoms with E-state index in [2.05, 4.69) is 15.1 Å². The Morgan fingerprint density at radius 2 is 2.32 bits per heavy atom. The lowest BCUT2D eigenvalue weighted by atomic mass is 10.2. The quantitative estimate of drug-likeness (QED) is 0.886. The van der Waals surface area contributed by atoms with E-state index in [1.165, 1.54) is 6.07 Å². The highest BCUT2D eigenvalue weighted by atomic mass is 16.5. The summed E-state index contributed by atoms with van der Waals surface area (Å²) < 4.78 is 7.43. The second-order valence-electron chi connectivity index (χ2n) is 4.93. The standard InChI is InChI=1S/C13H16N4O2/c1-8-3-4-11(19-8)13-15-10(5-12(18)16-13)9-6-14-17(2)7-9/h5-8,11H,3-4H2,1-2H3,(H,15,16,18). The minimum absolute atomic E-state index is 0.112. The largest absolute Gasteiger partial charge is 0.367 e. The van der Waals surface area contributed by atoms with E-state index in [0.717, 1.165) is 18.4 Å². The lowest BCUT2D eigenvalue weighted by Gasteiger charge is -2.10. The van der Waals surface area contributed by atoms with Crippen molar-refractivity contribution in [1.82, 2.24) is 19.7 Å². The molecule has 0 saturated carbocycles. The van der Waals surface area contributed by atoms with Crippen LogP contribution < -0.4 is 5.56 Å². The molecule has 2 unspecified atom stereocenters. The molecule has 1 aliphatic rings. The molecule has 19 heavy (non-hydrogen) atoms. The van der Waals surface area contributed by atoms with E-state index >= 15 is 0 Å². The van der Waals surface area contributed by atoms with Gasteiger partial charge in [-0.05, 0) is 19.8 Å². The van der Waals surface area contributed by atoms with Gasteiger partial charge in [0.05, 0.1) is 18.0 Å². The van der Waals surface area contributed by atoms with Gasteiger partial charge in [-0.25, -0.2) is 4.98 Å². The third-order valence-electron chi connectivity index (χ3n) is 3.30. The maximum Gasteiger partial charge on any atom is 0.251 e. The van der Waals surface area contributed by atoms with Gasteiger partial charge in [0.15, 0.2) is 0 Å². The molecule has 6 heteroatoms. The van der Waals surface area contributed by atoms with Crippen LogP contribution in [-0.4, -0.2) is 25.9 Å². The molecule has 1 N–H and O–H groups in total. The topological polar surface area (TPSA) is 72.8 Å². The number of aromatic amines is 1. The average Bonchev–Trinajstić information content (AvgIpc) is 2.97. The molecule has 1 aliphatic heterocycles. The first-order valence-corrected chi connectivity index (χ1v) is 6.37. The molecule has 1 fully saturated rings. The molecule has 0 bridgehead atoms. The zero-order valence-electron chi connectivity index (χ0n) is 11.0. The molecule has 1 saturated heterocycles. The monoisotopic (exact) mass is 260 g/mol. The van der Waals surface area contributed by atoms with Crippen molar-refractivity contribution in [3.05, 3.63) is 34.6 Å². The van der Waals surface area contributed by atoms with Crippen LogP contribution in [0.4, 0.5) is 0 Å². The van der Waals surface area contributed by atoms with E-state index in [1.807, 2.05) is 20.2 Å². The van der Waals surface area contributed by atoms with Crippen molar-refractivity contribution in [2.75, 3.05) is 0 Å². The van der Waals surface area contributed by atoms with Crippen LogP contribution in [0.3, 0.4) is 0 Å². The highest BCUT2D eigenvalue weighted by molar-refractivity contribution is 5.56. The summed E-state index contributed by atoms with van der Waals surface area (Å²) in [5.41, 5.74) is 1.31. The van der Waals surface area contributed by atoms with Crippen molar-refractivity contribution in [1.29, 1.82) is 0 Å². The van der Waals surface area contributed by atoms with Gasteiger partial charge in [0.2, 0.25) is 0 Å². The van der Waals surface area contributed by atoms with Crippen LogP contribution in [0.5, 0.6) is 0 Å². The van der Waals surface area contributed by atoms with Crippen LogP contribution in [0.15, 0.2) is 23.3 Å². The molecule has 2 aromatic heterocycles. The summed E-state index contributed by atoms with van der Waals surface area (Å²) >= 11 is 0. The maximum absolute atomic E-state index is 11.8. The number of hydrogen-bond donors (Lipinski definition) is 1. The first-order chi connectivity index (χ1) is 9.11. The highest BCUT2D eigenvalue weighted by Gasteiger charge is 2.25. The van der Waals surface area contributed by atoms with Crippen molar-refractivity contribution in [2.45, 2.75) is 32.0 Å². The van der Waals surface area contributed by atoms with E-state index in [4.69, 9.17) is 4.74 Å². The van der Waals surface area contributed by atoms with E-state index in [0.29, 0.717) is 11.5 Å². The second-order valence-corrected chi connectivity index (χ2v) is 4.93. The first-order valence-electron chi connectivity index (χ1n) is 6.37. The predicted octanol–water partition coefficient (Wildman–Crippen LogP) is 1.41. The number of ether oxygens (including phenoxy) is 1. The number of nitrogens with one attached hydrogen (secondary N) is 1. The average molecular weight is 260 g/mol. The summed E-state index contributed by atoms with van der Waals surface area (Å²) in [7, 11) is 1.83. The third kappa shape index (κ3) is 2.44. The van der Waals surface area contributed by atoms with Crippen molar-refractivity contribution in [3.63, 3.8) is 0 Å². The Morgan fingerprint density at radius 1 is 1.47 bits per heavy atom. The molecule has 0 amide bonds. The summed E-state index contributed by atoms with van der Waals surface area (Å²) in [6.07, 6.45) is 5.52. The number of H-pyrrole nitrogens is 1. The number of hydrogen-bond acceptors (Lipinski definition) is 4. The molecule has 3 rings (SSSR count). The maximum atomic E-state index is 11.8. The Morgan fingerprint density at radius 3 is 2.95 bits per heavy atom. The van der Waals surface area contributed by atoms with E-state index in [-0.39, 0.29) is 17.8 Å². The van der Waals surface area contributed by atoms with E-state index in [1.54, 1.807) is 10.9 Å². The lowest BCUT2D eigenvalue weighted by molar-refractivity contribution is 0.0502. The summed E-state index contributed by atoms with van der Waals surface area (Å²) in [6.45, 7) is 2.03. The van der Waals surface area contributed by atoms with Crippen LogP contribution in [0.2, 0.25) is 0 Å². The van der Waals surface area contributed by atoms with E-state index in [9.17, 15) is 4.79 Å². The Hall–Kier alpha value is -1.95. The second kappa shape index (κ2) is 4.62. The van der Waals surface area contributed by atoms with Gasteiger partial charge in [0, 0.05) is 24.9 Å². The Bertz CT molecular complexity index is 646. The predicted molar refractivity (Wildman–Crippen MR) is 69.6 cm³/mol. The first kappa shape index (κ1) is 12.1. The molecular formula is C13H16N4O2. The fourth-order valence-corrected chi connectivity index (χ4v) is 2.33. The molecule has 2 aromatic rings. The van der Waals surface area contributed by atoms with Crippen molar-refractivity contribution < 1.29 is 4.74 Å². The zero-order chi connectivity index (χ0) is 13.4. The molecule has 0 aliphatic carbocycles. The minimum atomic E-state index is -0.160. The fraction of sp³-hybridized carbons (Fsp3) is 0.462. The molecular weight excluding hydrogens is 244 g/mol. The number of rotatable bonds is 2. The molecule has 0 aromatic carbocycles. The number of aromatic nitrogens is 4. The molecule has 0 spiro atoms. The SMILES string of the molecule is CC1CCC(c2nc(-c3cnn(C)c3)cc(=O)[nH]2)O1. The smallest absolute Gasteiger partial charge is 0.251 e. The number of aryl methyl sites for hydroxylation is 1. The van der Waals surface area contributed by atoms with Crippen molar-refractivity contribution in [3.8, 4) is 11.3 Å². The molecule has 100 valence electrons. The van der Waals surface area contributed by atoms with Gasteiger partial charge in [-0.3, -0.25) is 9.48 Å². The third-order valence-corrected chi connectivity index (χ3v) is 3.30. The van der Waals surface area contributed by atoms with Crippen LogP contribution in [0.1, 0.15) is 31.7 Å². The summed E-state index contributed by atoms with van der Waals surface area (Å²) in [5.74, 6) is 0.607. The van der Waals surface area contributed by atoms with Crippen molar-refractivity contribution >= 4 is 0 Å². The van der Waals surface area contributed by atoms with Gasteiger partial charge < -0.3 is 9.72 Å². The summed E-state index contributed by atoms with van der Waals surface area (Å²) in [4.78, 5) is 19.0. The molecule has 6 nitrogen and oxygen atoms in total. The van der Waals surface area contributed by atoms with Gasteiger partial charge in [-0.15, -0.1) is 0 Å². The molecule has 3 heterocycles. The number of nitrogens with zero attached hydrogens (tertiary/aromatic N) is 3. The van der Waals surface area contributed by atoms with Crippen LogP contribution in [0.25, 0.3) is 11.3 Å². The van der Waals surface area contributed by atoms with Crippen LogP contribution >= 0.6 is 0 Å². The van der Waals surface area contributed by atoms with Gasteiger partial charge in [0.25, 0.3) is 5.56 Å². The Labute approximate surface area is 110 Å². The summed E-state index contributed by atoms with van der Waals surface area (Å²) in [5, 5.41) is 4.10. The van der Waals surface area contributed by atoms with Gasteiger partial charge in [-0.2, -0.15) is 5.10 Å². The minimum Gasteiger partial charge on any atom is -0.367 e. The van der Waals surface area contributed by atoms with Crippen LogP contribution in [-0.2, 0) is 11.8 Å². The zero-order valence-corrected chi connectivity index (χ0v) is 11.0. The van der Waals surface area contributed by atoms with Gasteiger partial charge >= 0.3 is 0 Å². The normalized spacial score (nSPS) is 22.8. The van der Waals surface area contributed by atoms with Gasteiger partial charge in [-0.1, -0.05) is 0 Å². The molecule has 0 radical (unpaired) electrons. The van der Waals surface area contributed by atoms with Crippen LogP contribution in [0, 0.1) is 0 Å². The summed E-state index contributed by atoms with van der Waals surface area (Å²) in [6, 6.07) is 1.49. The van der Waals surface area contributed by atoms with E-state index < -0.39 is 0 Å². The Kier molecular flexibility index (Phi) is 2.94. The molecule has 2 atom stereocenters. The van der Waals surface area contributed by atoms with Gasteiger partial charge in [0.1, 0.15) is 11.9 Å².